The molecular weight excluding hydrogens is 302 g/mol. The molecule has 128 valence electrons. The molecule has 4 rings (SSSR count). The zero-order valence-corrected chi connectivity index (χ0v) is 13.8. The first-order valence-electron chi connectivity index (χ1n) is 8.81. The fourth-order valence-electron chi connectivity index (χ4n) is 4.22. The maximum Gasteiger partial charge on any atom is 0.0802 e. The Kier molecular flexibility index (Phi) is 4.39. The van der Waals surface area contributed by atoms with Crippen molar-refractivity contribution in [1.29, 1.82) is 0 Å². The Morgan fingerprint density at radius 2 is 1.50 bits per heavy atom. The fraction of sp³-hybridized carbons (Fsp3) is 0.526. The molecule has 0 radical (unpaired) electrons. The van der Waals surface area contributed by atoms with E-state index < -0.39 is 12.2 Å². The molecule has 4 atom stereocenters. The van der Waals surface area contributed by atoms with E-state index in [-0.39, 0.29) is 0 Å². The smallest absolute Gasteiger partial charge is 0.0802 e. The largest absolute Gasteiger partial charge is 0.390 e. The van der Waals surface area contributed by atoms with Crippen LogP contribution < -0.4 is 0 Å². The lowest BCUT2D eigenvalue weighted by atomic mass is 9.79. The quantitative estimate of drug-likeness (QED) is 0.893. The lowest BCUT2D eigenvalue weighted by Gasteiger charge is -2.32. The molecule has 2 aliphatic rings. The van der Waals surface area contributed by atoms with Gasteiger partial charge in [0.05, 0.1) is 18.8 Å². The molecule has 0 spiro atoms. The molecule has 1 aliphatic heterocycles. The summed E-state index contributed by atoms with van der Waals surface area (Å²) in [5, 5.41) is 24.0. The van der Waals surface area contributed by atoms with E-state index >= 15 is 0 Å². The van der Waals surface area contributed by atoms with Gasteiger partial charge in [-0.15, -0.1) is 0 Å². The predicted octanol–water partition coefficient (Wildman–Crippen LogP) is 1.50. The van der Waals surface area contributed by atoms with Gasteiger partial charge in [-0.1, -0.05) is 24.3 Å². The summed E-state index contributed by atoms with van der Waals surface area (Å²) in [5.74, 6) is 1.06. The second-order valence-corrected chi connectivity index (χ2v) is 7.34. The Morgan fingerprint density at radius 1 is 0.917 bits per heavy atom. The molecule has 2 N–H and O–H groups in total. The van der Waals surface area contributed by atoms with Crippen molar-refractivity contribution in [2.24, 2.45) is 11.8 Å². The lowest BCUT2D eigenvalue weighted by molar-refractivity contribution is -0.0372. The van der Waals surface area contributed by atoms with Crippen LogP contribution in [0.15, 0.2) is 42.7 Å². The highest BCUT2D eigenvalue weighted by Gasteiger charge is 2.40. The maximum atomic E-state index is 9.86. The van der Waals surface area contributed by atoms with Crippen LogP contribution in [-0.2, 0) is 13.1 Å². The number of aliphatic hydroxyl groups excluding tert-OH is 2. The van der Waals surface area contributed by atoms with Crippen LogP contribution in [0.3, 0.4) is 0 Å². The Bertz CT molecular complexity index is 638. The molecule has 2 fully saturated rings. The first-order valence-corrected chi connectivity index (χ1v) is 8.81. The second kappa shape index (κ2) is 6.67. The SMILES string of the molecule is O[C@H]1C[C@@H]2CN(Cc3ccc(Cn4cccn4)cc3)C[C@@H]2C[C@@H]1O. The van der Waals surface area contributed by atoms with Crippen molar-refractivity contribution in [1.82, 2.24) is 14.7 Å². The first kappa shape index (κ1) is 15.8. The standard InChI is InChI=1S/C19H25N3O2/c23-18-8-16-12-21(13-17(16)9-19(18)24)10-14-2-4-15(5-3-14)11-22-7-1-6-20-22/h1-7,16-19,23-24H,8-13H2/t16-,17+,18-,19-/m0/s1. The summed E-state index contributed by atoms with van der Waals surface area (Å²) in [5.41, 5.74) is 2.57. The second-order valence-electron chi connectivity index (χ2n) is 7.34. The van der Waals surface area contributed by atoms with Crippen LogP contribution in [-0.4, -0.2) is 50.2 Å². The average molecular weight is 327 g/mol. The highest BCUT2D eigenvalue weighted by molar-refractivity contribution is 5.23. The third-order valence-corrected chi connectivity index (χ3v) is 5.52. The normalized spacial score (nSPS) is 30.4. The van der Waals surface area contributed by atoms with E-state index in [0.29, 0.717) is 11.8 Å². The molecule has 0 amide bonds. The van der Waals surface area contributed by atoms with Gasteiger partial charge in [-0.3, -0.25) is 9.58 Å². The topological polar surface area (TPSA) is 61.5 Å². The number of fused-ring (bicyclic) bond motifs is 1. The number of aliphatic hydroxyl groups is 2. The van der Waals surface area contributed by atoms with Gasteiger partial charge in [0.1, 0.15) is 0 Å². The van der Waals surface area contributed by atoms with Gasteiger partial charge < -0.3 is 10.2 Å². The molecule has 1 aromatic heterocycles. The van der Waals surface area contributed by atoms with Gasteiger partial charge in [0, 0.05) is 32.0 Å². The molecular formula is C19H25N3O2. The molecule has 5 nitrogen and oxygen atoms in total. The van der Waals surface area contributed by atoms with Crippen LogP contribution in [0.4, 0.5) is 0 Å². The summed E-state index contributed by atoms with van der Waals surface area (Å²) in [6.07, 6.45) is 4.19. The molecule has 0 unspecified atom stereocenters. The number of rotatable bonds is 4. The summed E-state index contributed by atoms with van der Waals surface area (Å²) >= 11 is 0. The van der Waals surface area contributed by atoms with Crippen molar-refractivity contribution < 1.29 is 10.2 Å². The first-order chi connectivity index (χ1) is 11.7. The summed E-state index contributed by atoms with van der Waals surface area (Å²) in [6.45, 7) is 3.81. The number of likely N-dealkylation sites (tertiary alicyclic amines) is 1. The van der Waals surface area contributed by atoms with Gasteiger partial charge in [0.2, 0.25) is 0 Å². The minimum atomic E-state index is -0.534. The van der Waals surface area contributed by atoms with Crippen molar-refractivity contribution in [3.8, 4) is 0 Å². The number of hydrogen-bond acceptors (Lipinski definition) is 4. The molecule has 1 saturated heterocycles. The van der Waals surface area contributed by atoms with E-state index in [4.69, 9.17) is 0 Å². The molecule has 0 bridgehead atoms. The number of aromatic nitrogens is 2. The van der Waals surface area contributed by atoms with Crippen molar-refractivity contribution in [2.45, 2.75) is 38.1 Å². The number of nitrogens with zero attached hydrogens (tertiary/aromatic N) is 3. The molecule has 1 aliphatic carbocycles. The van der Waals surface area contributed by atoms with Gasteiger partial charge in [0.25, 0.3) is 0 Å². The van der Waals surface area contributed by atoms with Crippen LogP contribution in [0.2, 0.25) is 0 Å². The van der Waals surface area contributed by atoms with E-state index in [1.54, 1.807) is 6.20 Å². The Labute approximate surface area is 142 Å². The third-order valence-electron chi connectivity index (χ3n) is 5.52. The molecule has 2 aromatic rings. The van der Waals surface area contributed by atoms with Crippen LogP contribution >= 0.6 is 0 Å². The predicted molar refractivity (Wildman–Crippen MR) is 91.3 cm³/mol. The number of hydrogen-bond donors (Lipinski definition) is 2. The summed E-state index contributed by atoms with van der Waals surface area (Å²) in [6, 6.07) is 10.7. The molecule has 1 saturated carbocycles. The summed E-state index contributed by atoms with van der Waals surface area (Å²) < 4.78 is 1.93. The van der Waals surface area contributed by atoms with Gasteiger partial charge in [-0.05, 0) is 41.9 Å². The van der Waals surface area contributed by atoms with Crippen LogP contribution in [0.25, 0.3) is 0 Å². The Balaban J connectivity index is 1.34. The van der Waals surface area contributed by atoms with E-state index in [0.717, 1.165) is 39.0 Å². The van der Waals surface area contributed by atoms with E-state index in [1.807, 2.05) is 16.9 Å². The van der Waals surface area contributed by atoms with Crippen LogP contribution in [0.5, 0.6) is 0 Å². The van der Waals surface area contributed by atoms with Crippen LogP contribution in [0, 0.1) is 11.8 Å². The van der Waals surface area contributed by atoms with Crippen LogP contribution in [0.1, 0.15) is 24.0 Å². The maximum absolute atomic E-state index is 9.86. The van der Waals surface area contributed by atoms with Crippen molar-refractivity contribution in [3.05, 3.63) is 53.9 Å². The van der Waals surface area contributed by atoms with Gasteiger partial charge >= 0.3 is 0 Å². The lowest BCUT2D eigenvalue weighted by Crippen LogP contribution is -2.38. The number of benzene rings is 1. The molecule has 1 aromatic carbocycles. The van der Waals surface area contributed by atoms with E-state index in [9.17, 15) is 10.2 Å². The van der Waals surface area contributed by atoms with Crippen molar-refractivity contribution >= 4 is 0 Å². The van der Waals surface area contributed by atoms with Gasteiger partial charge in [-0.2, -0.15) is 5.10 Å². The fourth-order valence-corrected chi connectivity index (χ4v) is 4.22. The Hall–Kier alpha value is -1.69. The highest BCUT2D eigenvalue weighted by atomic mass is 16.3. The molecule has 5 heteroatoms. The van der Waals surface area contributed by atoms with Gasteiger partial charge in [-0.25, -0.2) is 0 Å². The zero-order chi connectivity index (χ0) is 16.5. The monoisotopic (exact) mass is 327 g/mol. The summed E-state index contributed by atoms with van der Waals surface area (Å²) in [4.78, 5) is 2.46. The van der Waals surface area contributed by atoms with Crippen molar-refractivity contribution in [3.63, 3.8) is 0 Å². The third kappa shape index (κ3) is 3.38. The minimum absolute atomic E-state index is 0.530. The Morgan fingerprint density at radius 3 is 2.04 bits per heavy atom. The van der Waals surface area contributed by atoms with Crippen molar-refractivity contribution in [2.75, 3.05) is 13.1 Å². The molecule has 24 heavy (non-hydrogen) atoms. The van der Waals surface area contributed by atoms with Gasteiger partial charge in [0.15, 0.2) is 0 Å². The summed E-state index contributed by atoms with van der Waals surface area (Å²) in [7, 11) is 0. The average Bonchev–Trinajstić information content (AvgIpc) is 3.19. The zero-order valence-electron chi connectivity index (χ0n) is 13.8. The van der Waals surface area contributed by atoms with E-state index in [2.05, 4.69) is 34.3 Å². The minimum Gasteiger partial charge on any atom is -0.390 e. The highest BCUT2D eigenvalue weighted by Crippen LogP contribution is 2.37. The van der Waals surface area contributed by atoms with E-state index in [1.165, 1.54) is 11.1 Å². The molecule has 2 heterocycles.